The van der Waals surface area contributed by atoms with Gasteiger partial charge in [0.1, 0.15) is 11.6 Å². The van der Waals surface area contributed by atoms with Crippen LogP contribution >= 0.6 is 24.0 Å². The Morgan fingerprint density at radius 3 is 2.50 bits per heavy atom. The lowest BCUT2D eigenvalue weighted by molar-refractivity contribution is 0.414. The fourth-order valence-corrected chi connectivity index (χ4v) is 2.29. The molecule has 0 aliphatic carbocycles. The summed E-state index contributed by atoms with van der Waals surface area (Å²) < 4.78 is 5.15. The van der Waals surface area contributed by atoms with Crippen molar-refractivity contribution in [1.82, 2.24) is 9.97 Å². The van der Waals surface area contributed by atoms with Crippen LogP contribution < -0.4 is 10.1 Å². The van der Waals surface area contributed by atoms with Crippen molar-refractivity contribution < 1.29 is 4.74 Å². The maximum Gasteiger partial charge on any atom is 0.224 e. The molecule has 0 saturated carbocycles. The first-order chi connectivity index (χ1) is 10.3. The molecule has 3 aromatic rings. The van der Waals surface area contributed by atoms with Crippen molar-refractivity contribution >= 4 is 40.7 Å². The van der Waals surface area contributed by atoms with Gasteiger partial charge in [0.2, 0.25) is 5.28 Å². The number of ether oxygens (including phenoxy) is 1. The number of hydrogen-bond donors (Lipinski definition) is 1. The molecule has 0 aliphatic heterocycles. The third kappa shape index (κ3) is 3.59. The summed E-state index contributed by atoms with van der Waals surface area (Å²) in [6.45, 7) is 0.654. The summed E-state index contributed by atoms with van der Waals surface area (Å²) >= 11 is 5.97. The second-order valence-corrected chi connectivity index (χ2v) is 4.90. The van der Waals surface area contributed by atoms with Crippen LogP contribution in [0.4, 0.5) is 5.82 Å². The first-order valence-electron chi connectivity index (χ1n) is 6.55. The van der Waals surface area contributed by atoms with Gasteiger partial charge in [0, 0.05) is 11.9 Å². The van der Waals surface area contributed by atoms with Crippen LogP contribution in [0, 0.1) is 0 Å². The Morgan fingerprint density at radius 2 is 1.77 bits per heavy atom. The molecular formula is C16H15Cl2N3O. The third-order valence-corrected chi connectivity index (χ3v) is 3.36. The maximum absolute atomic E-state index is 5.97. The molecule has 0 unspecified atom stereocenters. The Hall–Kier alpha value is -2.04. The molecule has 1 aromatic heterocycles. The Bertz CT molecular complexity index is 763. The Labute approximate surface area is 139 Å². The lowest BCUT2D eigenvalue weighted by atomic mass is 10.2. The van der Waals surface area contributed by atoms with Gasteiger partial charge in [-0.2, -0.15) is 0 Å². The molecule has 1 heterocycles. The number of halogens is 2. The molecule has 3 rings (SSSR count). The Morgan fingerprint density at radius 1 is 1.05 bits per heavy atom. The number of rotatable bonds is 4. The number of para-hydroxylation sites is 1. The van der Waals surface area contributed by atoms with Gasteiger partial charge in [-0.3, -0.25) is 0 Å². The predicted molar refractivity (Wildman–Crippen MR) is 92.1 cm³/mol. The number of fused-ring (bicyclic) bond motifs is 1. The smallest absolute Gasteiger partial charge is 0.224 e. The van der Waals surface area contributed by atoms with E-state index in [1.165, 1.54) is 0 Å². The third-order valence-electron chi connectivity index (χ3n) is 3.19. The molecule has 22 heavy (non-hydrogen) atoms. The molecule has 0 atom stereocenters. The van der Waals surface area contributed by atoms with Crippen molar-refractivity contribution in [1.29, 1.82) is 0 Å². The van der Waals surface area contributed by atoms with Gasteiger partial charge in [-0.25, -0.2) is 9.97 Å². The summed E-state index contributed by atoms with van der Waals surface area (Å²) in [5.74, 6) is 1.58. The maximum atomic E-state index is 5.97. The van der Waals surface area contributed by atoms with Crippen LogP contribution in [0.25, 0.3) is 10.9 Å². The first-order valence-corrected chi connectivity index (χ1v) is 6.93. The van der Waals surface area contributed by atoms with Crippen LogP contribution in [0.2, 0.25) is 5.28 Å². The van der Waals surface area contributed by atoms with Crippen LogP contribution in [0.5, 0.6) is 5.75 Å². The molecule has 2 aromatic carbocycles. The summed E-state index contributed by atoms with van der Waals surface area (Å²) in [4.78, 5) is 8.48. The lowest BCUT2D eigenvalue weighted by Crippen LogP contribution is -2.03. The number of hydrogen-bond acceptors (Lipinski definition) is 4. The monoisotopic (exact) mass is 335 g/mol. The molecule has 1 N–H and O–H groups in total. The van der Waals surface area contributed by atoms with Crippen LogP contribution in [0.15, 0.2) is 48.5 Å². The van der Waals surface area contributed by atoms with Crippen LogP contribution in [-0.4, -0.2) is 17.1 Å². The Kier molecular flexibility index (Phi) is 5.41. The number of aromatic nitrogens is 2. The number of anilines is 1. The van der Waals surface area contributed by atoms with Gasteiger partial charge in [0.05, 0.1) is 12.6 Å². The summed E-state index contributed by atoms with van der Waals surface area (Å²) in [6, 6.07) is 15.7. The quantitative estimate of drug-likeness (QED) is 0.721. The highest BCUT2D eigenvalue weighted by atomic mass is 35.5. The van der Waals surface area contributed by atoms with Crippen LogP contribution in [-0.2, 0) is 6.54 Å². The van der Waals surface area contributed by atoms with Gasteiger partial charge >= 0.3 is 0 Å². The second kappa shape index (κ2) is 7.29. The molecular weight excluding hydrogens is 321 g/mol. The van der Waals surface area contributed by atoms with E-state index in [0.717, 1.165) is 28.0 Å². The van der Waals surface area contributed by atoms with E-state index in [0.29, 0.717) is 6.54 Å². The molecule has 0 saturated heterocycles. The molecule has 4 nitrogen and oxygen atoms in total. The zero-order chi connectivity index (χ0) is 14.7. The fraction of sp³-hybridized carbons (Fsp3) is 0.125. The predicted octanol–water partition coefficient (Wildman–Crippen LogP) is 4.33. The molecule has 6 heteroatoms. The summed E-state index contributed by atoms with van der Waals surface area (Å²) in [5.41, 5.74) is 1.96. The minimum Gasteiger partial charge on any atom is -0.497 e. The SMILES string of the molecule is COc1ccc(CNc2nc(Cl)nc3ccccc23)cc1.Cl. The van der Waals surface area contributed by atoms with Crippen LogP contribution in [0.3, 0.4) is 0 Å². The minimum absolute atomic E-state index is 0. The van der Waals surface area contributed by atoms with E-state index in [-0.39, 0.29) is 17.7 Å². The van der Waals surface area contributed by atoms with E-state index in [4.69, 9.17) is 16.3 Å². The molecule has 0 amide bonds. The average molecular weight is 336 g/mol. The van der Waals surface area contributed by atoms with Crippen LogP contribution in [0.1, 0.15) is 5.56 Å². The molecule has 114 valence electrons. The second-order valence-electron chi connectivity index (χ2n) is 4.56. The summed E-state index contributed by atoms with van der Waals surface area (Å²) in [7, 11) is 1.66. The van der Waals surface area contributed by atoms with Gasteiger partial charge in [0.15, 0.2) is 0 Å². The van der Waals surface area contributed by atoms with Crippen molar-refractivity contribution in [2.24, 2.45) is 0 Å². The molecule has 0 fully saturated rings. The zero-order valence-electron chi connectivity index (χ0n) is 11.9. The van der Waals surface area contributed by atoms with E-state index in [9.17, 15) is 0 Å². The van der Waals surface area contributed by atoms with Crippen molar-refractivity contribution in [2.75, 3.05) is 12.4 Å². The summed E-state index contributed by atoms with van der Waals surface area (Å²) in [6.07, 6.45) is 0. The lowest BCUT2D eigenvalue weighted by Gasteiger charge is -2.09. The number of methoxy groups -OCH3 is 1. The minimum atomic E-state index is 0. The number of nitrogens with zero attached hydrogens (tertiary/aromatic N) is 2. The average Bonchev–Trinajstić information content (AvgIpc) is 2.53. The van der Waals surface area contributed by atoms with E-state index in [2.05, 4.69) is 15.3 Å². The highest BCUT2D eigenvalue weighted by molar-refractivity contribution is 6.28. The van der Waals surface area contributed by atoms with Crippen molar-refractivity contribution in [3.8, 4) is 5.75 Å². The van der Waals surface area contributed by atoms with E-state index >= 15 is 0 Å². The zero-order valence-corrected chi connectivity index (χ0v) is 13.5. The standard InChI is InChI=1S/C16H14ClN3O.ClH/c1-21-12-8-6-11(7-9-12)10-18-15-13-4-2-3-5-14(13)19-16(17)20-15;/h2-9H,10H2,1H3,(H,18,19,20);1H. The van der Waals surface area contributed by atoms with E-state index < -0.39 is 0 Å². The van der Waals surface area contributed by atoms with Crippen molar-refractivity contribution in [3.05, 3.63) is 59.4 Å². The molecule has 0 bridgehead atoms. The van der Waals surface area contributed by atoms with E-state index in [1.807, 2.05) is 48.5 Å². The molecule has 0 spiro atoms. The largest absolute Gasteiger partial charge is 0.497 e. The molecule has 0 aliphatic rings. The van der Waals surface area contributed by atoms with Crippen molar-refractivity contribution in [3.63, 3.8) is 0 Å². The van der Waals surface area contributed by atoms with Gasteiger partial charge in [-0.15, -0.1) is 12.4 Å². The molecule has 0 radical (unpaired) electrons. The highest BCUT2D eigenvalue weighted by Crippen LogP contribution is 2.22. The number of nitrogens with one attached hydrogen (secondary N) is 1. The first kappa shape index (κ1) is 16.3. The topological polar surface area (TPSA) is 47.0 Å². The van der Waals surface area contributed by atoms with Gasteiger partial charge < -0.3 is 10.1 Å². The normalized spacial score (nSPS) is 10.1. The van der Waals surface area contributed by atoms with Gasteiger partial charge in [-0.05, 0) is 41.4 Å². The van der Waals surface area contributed by atoms with Gasteiger partial charge in [0.25, 0.3) is 0 Å². The fourth-order valence-electron chi connectivity index (χ4n) is 2.11. The van der Waals surface area contributed by atoms with E-state index in [1.54, 1.807) is 7.11 Å². The number of benzene rings is 2. The highest BCUT2D eigenvalue weighted by Gasteiger charge is 2.05. The Balaban J connectivity index is 0.00000176. The summed E-state index contributed by atoms with van der Waals surface area (Å²) in [5, 5.41) is 4.50. The van der Waals surface area contributed by atoms with Crippen molar-refractivity contribution in [2.45, 2.75) is 6.54 Å². The van der Waals surface area contributed by atoms with Gasteiger partial charge in [-0.1, -0.05) is 24.3 Å².